The summed E-state index contributed by atoms with van der Waals surface area (Å²) in [6.45, 7) is 4.27. The van der Waals surface area contributed by atoms with Gasteiger partial charge in [0.15, 0.2) is 4.77 Å². The molecule has 1 aromatic heterocycles. The first kappa shape index (κ1) is 12.0. The van der Waals surface area contributed by atoms with Crippen molar-refractivity contribution in [3.63, 3.8) is 0 Å². The maximum absolute atomic E-state index is 5.33. The number of nitrogens with zero attached hydrogens (tertiary/aromatic N) is 2. The SMILES string of the molecule is CCc1n[nH]c(=S)n1C(CC)c1ccccc1. The number of hydrogen-bond acceptors (Lipinski definition) is 2. The Hall–Kier alpha value is -1.42. The largest absolute Gasteiger partial charge is 0.297 e. The molecule has 0 saturated heterocycles. The molecule has 17 heavy (non-hydrogen) atoms. The molecule has 1 unspecified atom stereocenters. The van der Waals surface area contributed by atoms with Crippen molar-refractivity contribution in [2.24, 2.45) is 0 Å². The van der Waals surface area contributed by atoms with E-state index in [-0.39, 0.29) is 6.04 Å². The molecule has 0 aliphatic rings. The minimum absolute atomic E-state index is 0.275. The second-order valence-electron chi connectivity index (χ2n) is 4.00. The van der Waals surface area contributed by atoms with Gasteiger partial charge in [-0.2, -0.15) is 5.10 Å². The third kappa shape index (κ3) is 2.31. The monoisotopic (exact) mass is 247 g/mol. The molecule has 0 bridgehead atoms. The van der Waals surface area contributed by atoms with Gasteiger partial charge in [0.05, 0.1) is 6.04 Å². The molecule has 0 saturated carbocycles. The van der Waals surface area contributed by atoms with Crippen LogP contribution in [0, 0.1) is 4.77 Å². The lowest BCUT2D eigenvalue weighted by molar-refractivity contribution is 0.537. The van der Waals surface area contributed by atoms with Crippen LogP contribution in [0.25, 0.3) is 0 Å². The number of H-pyrrole nitrogens is 1. The van der Waals surface area contributed by atoms with Crippen molar-refractivity contribution in [3.05, 3.63) is 46.5 Å². The van der Waals surface area contributed by atoms with Crippen molar-refractivity contribution in [3.8, 4) is 0 Å². The number of aromatic nitrogens is 3. The standard InChI is InChI=1S/C13H17N3S/c1-3-11(10-8-6-5-7-9-10)16-12(4-2)14-15-13(16)17/h5-9,11H,3-4H2,1-2H3,(H,15,17). The highest BCUT2D eigenvalue weighted by molar-refractivity contribution is 7.71. The molecule has 0 radical (unpaired) electrons. The summed E-state index contributed by atoms with van der Waals surface area (Å²) in [6, 6.07) is 10.7. The van der Waals surface area contributed by atoms with Crippen LogP contribution < -0.4 is 0 Å². The van der Waals surface area contributed by atoms with Crippen LogP contribution in [0.1, 0.15) is 37.7 Å². The Morgan fingerprint density at radius 2 is 2.00 bits per heavy atom. The molecule has 1 heterocycles. The highest BCUT2D eigenvalue weighted by Gasteiger charge is 2.15. The quantitative estimate of drug-likeness (QED) is 0.839. The van der Waals surface area contributed by atoms with Gasteiger partial charge in [-0.25, -0.2) is 0 Å². The number of aromatic amines is 1. The molecule has 0 aliphatic heterocycles. The van der Waals surface area contributed by atoms with E-state index < -0.39 is 0 Å². The van der Waals surface area contributed by atoms with Gasteiger partial charge < -0.3 is 0 Å². The van der Waals surface area contributed by atoms with Crippen molar-refractivity contribution < 1.29 is 0 Å². The maximum Gasteiger partial charge on any atom is 0.195 e. The molecule has 0 aliphatic carbocycles. The smallest absolute Gasteiger partial charge is 0.195 e. The predicted molar refractivity (Wildman–Crippen MR) is 71.7 cm³/mol. The van der Waals surface area contributed by atoms with Gasteiger partial charge >= 0.3 is 0 Å². The van der Waals surface area contributed by atoms with Crippen molar-refractivity contribution in [2.75, 3.05) is 0 Å². The van der Waals surface area contributed by atoms with E-state index in [9.17, 15) is 0 Å². The number of benzene rings is 1. The fourth-order valence-electron chi connectivity index (χ4n) is 2.15. The van der Waals surface area contributed by atoms with Crippen molar-refractivity contribution in [2.45, 2.75) is 32.7 Å². The average molecular weight is 247 g/mol. The van der Waals surface area contributed by atoms with Crippen molar-refractivity contribution in [1.29, 1.82) is 0 Å². The van der Waals surface area contributed by atoms with E-state index in [0.29, 0.717) is 4.77 Å². The lowest BCUT2D eigenvalue weighted by atomic mass is 10.0. The number of rotatable bonds is 4. The Morgan fingerprint density at radius 3 is 2.59 bits per heavy atom. The van der Waals surface area contributed by atoms with Crippen LogP contribution >= 0.6 is 12.2 Å². The molecule has 1 atom stereocenters. The molecule has 0 spiro atoms. The average Bonchev–Trinajstić information content (AvgIpc) is 2.74. The molecule has 2 aromatic rings. The maximum atomic E-state index is 5.33. The molecule has 90 valence electrons. The summed E-state index contributed by atoms with van der Waals surface area (Å²) in [5.41, 5.74) is 1.28. The van der Waals surface area contributed by atoms with Crippen molar-refractivity contribution >= 4 is 12.2 Å². The van der Waals surface area contributed by atoms with E-state index in [4.69, 9.17) is 12.2 Å². The highest BCUT2D eigenvalue weighted by Crippen LogP contribution is 2.23. The Morgan fingerprint density at radius 1 is 1.29 bits per heavy atom. The van der Waals surface area contributed by atoms with Crippen LogP contribution in [0.3, 0.4) is 0 Å². The zero-order valence-corrected chi connectivity index (χ0v) is 11.0. The van der Waals surface area contributed by atoms with E-state index in [1.54, 1.807) is 0 Å². The Bertz CT molecular complexity index is 527. The molecule has 1 aromatic carbocycles. The molecule has 0 amide bonds. The summed E-state index contributed by atoms with van der Waals surface area (Å²) < 4.78 is 2.84. The highest BCUT2D eigenvalue weighted by atomic mass is 32.1. The molecule has 2 rings (SSSR count). The number of hydrogen-bond donors (Lipinski definition) is 1. The lowest BCUT2D eigenvalue weighted by Gasteiger charge is -2.18. The zero-order valence-electron chi connectivity index (χ0n) is 10.2. The van der Waals surface area contributed by atoms with Gasteiger partial charge in [-0.15, -0.1) is 0 Å². The molecule has 4 heteroatoms. The van der Waals surface area contributed by atoms with Gasteiger partial charge in [-0.05, 0) is 24.2 Å². The van der Waals surface area contributed by atoms with Crippen LogP contribution in [-0.2, 0) is 6.42 Å². The Kier molecular flexibility index (Phi) is 3.74. The first-order valence-electron chi connectivity index (χ1n) is 5.98. The van der Waals surface area contributed by atoms with Crippen molar-refractivity contribution in [1.82, 2.24) is 14.8 Å². The second-order valence-corrected chi connectivity index (χ2v) is 4.39. The molecular formula is C13H17N3S. The van der Waals surface area contributed by atoms with E-state index >= 15 is 0 Å². The van der Waals surface area contributed by atoms with Gasteiger partial charge in [-0.3, -0.25) is 9.67 Å². The van der Waals surface area contributed by atoms with E-state index in [0.717, 1.165) is 18.7 Å². The van der Waals surface area contributed by atoms with Gasteiger partial charge in [0.1, 0.15) is 5.82 Å². The van der Waals surface area contributed by atoms with E-state index in [2.05, 4.69) is 52.9 Å². The Balaban J connectivity index is 2.49. The minimum Gasteiger partial charge on any atom is -0.297 e. The Labute approximate surface area is 106 Å². The predicted octanol–water partition coefficient (Wildman–Crippen LogP) is 3.50. The minimum atomic E-state index is 0.275. The van der Waals surface area contributed by atoms with Crippen LogP contribution in [0.5, 0.6) is 0 Å². The summed E-state index contributed by atoms with van der Waals surface area (Å²) in [5.74, 6) is 1.02. The normalized spacial score (nSPS) is 12.6. The molecule has 0 fully saturated rings. The van der Waals surface area contributed by atoms with Crippen LogP contribution in [0.4, 0.5) is 0 Å². The number of nitrogens with one attached hydrogen (secondary N) is 1. The molecular weight excluding hydrogens is 230 g/mol. The van der Waals surface area contributed by atoms with Gasteiger partial charge in [-0.1, -0.05) is 44.2 Å². The van der Waals surface area contributed by atoms with Crippen LogP contribution in [0.15, 0.2) is 30.3 Å². The summed E-state index contributed by atoms with van der Waals surface area (Å²) >= 11 is 5.33. The molecule has 3 nitrogen and oxygen atoms in total. The molecule has 1 N–H and O–H groups in total. The van der Waals surface area contributed by atoms with Crippen LogP contribution in [0.2, 0.25) is 0 Å². The topological polar surface area (TPSA) is 33.6 Å². The van der Waals surface area contributed by atoms with E-state index in [1.807, 2.05) is 6.07 Å². The lowest BCUT2D eigenvalue weighted by Crippen LogP contribution is -2.13. The van der Waals surface area contributed by atoms with Gasteiger partial charge in [0.2, 0.25) is 0 Å². The zero-order chi connectivity index (χ0) is 12.3. The first-order chi connectivity index (χ1) is 8.27. The van der Waals surface area contributed by atoms with Crippen LogP contribution in [-0.4, -0.2) is 14.8 Å². The number of aryl methyl sites for hydroxylation is 1. The fourth-order valence-corrected chi connectivity index (χ4v) is 2.43. The summed E-state index contributed by atoms with van der Waals surface area (Å²) in [5, 5.41) is 7.16. The fraction of sp³-hybridized carbons (Fsp3) is 0.385. The van der Waals surface area contributed by atoms with Gasteiger partial charge in [0, 0.05) is 6.42 Å². The third-order valence-corrected chi connectivity index (χ3v) is 3.26. The van der Waals surface area contributed by atoms with Gasteiger partial charge in [0.25, 0.3) is 0 Å². The second kappa shape index (κ2) is 5.27. The summed E-state index contributed by atoms with van der Waals surface area (Å²) in [6.07, 6.45) is 1.89. The summed E-state index contributed by atoms with van der Waals surface area (Å²) in [4.78, 5) is 0. The third-order valence-electron chi connectivity index (χ3n) is 2.98. The first-order valence-corrected chi connectivity index (χ1v) is 6.39. The van der Waals surface area contributed by atoms with E-state index in [1.165, 1.54) is 5.56 Å². The summed E-state index contributed by atoms with van der Waals surface area (Å²) in [7, 11) is 0.